The Balaban J connectivity index is 1.71. The molecule has 0 bridgehead atoms. The second-order valence-electron chi connectivity index (χ2n) is 5.87. The van der Waals surface area contributed by atoms with Crippen LogP contribution >= 0.6 is 11.3 Å². The van der Waals surface area contributed by atoms with Crippen molar-refractivity contribution in [3.63, 3.8) is 0 Å². The summed E-state index contributed by atoms with van der Waals surface area (Å²) >= 11 is 1.47. The van der Waals surface area contributed by atoms with Crippen LogP contribution in [0.5, 0.6) is 0 Å². The molecule has 24 heavy (non-hydrogen) atoms. The Morgan fingerprint density at radius 2 is 2.04 bits per heavy atom. The number of nitrogens with zero attached hydrogens (tertiary/aromatic N) is 4. The van der Waals surface area contributed by atoms with Gasteiger partial charge in [0.25, 0.3) is 5.91 Å². The summed E-state index contributed by atoms with van der Waals surface area (Å²) in [7, 11) is 5.61. The van der Waals surface area contributed by atoms with Gasteiger partial charge in [-0.1, -0.05) is 0 Å². The van der Waals surface area contributed by atoms with E-state index < -0.39 is 0 Å². The fraction of sp³-hybridized carbons (Fsp3) is 0.312. The van der Waals surface area contributed by atoms with Crippen LogP contribution < -0.4 is 0 Å². The molecule has 3 rings (SSSR count). The average molecular weight is 347 g/mol. The zero-order valence-corrected chi connectivity index (χ0v) is 14.5. The van der Waals surface area contributed by atoms with Gasteiger partial charge in [-0.3, -0.25) is 4.79 Å². The molecule has 0 saturated heterocycles. The molecule has 0 aliphatic rings. The molecule has 3 aromatic rings. The van der Waals surface area contributed by atoms with E-state index in [9.17, 15) is 9.18 Å². The second-order valence-corrected chi connectivity index (χ2v) is 6.81. The molecule has 0 radical (unpaired) electrons. The first-order valence-corrected chi connectivity index (χ1v) is 8.29. The predicted molar refractivity (Wildman–Crippen MR) is 91.4 cm³/mol. The number of carbonyl (C=O) groups excluding carboxylic acids is 1. The van der Waals surface area contributed by atoms with Crippen LogP contribution in [-0.2, 0) is 13.1 Å². The van der Waals surface area contributed by atoms with Crippen molar-refractivity contribution in [3.05, 3.63) is 45.9 Å². The van der Waals surface area contributed by atoms with Crippen molar-refractivity contribution in [2.45, 2.75) is 13.1 Å². The number of rotatable bonds is 5. The normalized spacial score (nSPS) is 11.4. The lowest BCUT2D eigenvalue weighted by Crippen LogP contribution is -2.27. The fourth-order valence-electron chi connectivity index (χ4n) is 2.35. The van der Waals surface area contributed by atoms with Gasteiger partial charge in [0.05, 0.1) is 17.6 Å². The number of halogens is 1. The minimum absolute atomic E-state index is 0.164. The van der Waals surface area contributed by atoms with Crippen molar-refractivity contribution in [2.24, 2.45) is 0 Å². The van der Waals surface area contributed by atoms with Gasteiger partial charge in [-0.05, 0) is 32.3 Å². The summed E-state index contributed by atoms with van der Waals surface area (Å²) in [5, 5.41) is 2.67. The summed E-state index contributed by atoms with van der Waals surface area (Å²) in [6.45, 7) is 1.01. The van der Waals surface area contributed by atoms with Gasteiger partial charge in [0.15, 0.2) is 0 Å². The third-order valence-corrected chi connectivity index (χ3v) is 4.28. The van der Waals surface area contributed by atoms with E-state index in [1.807, 2.05) is 19.0 Å². The van der Waals surface area contributed by atoms with Crippen LogP contribution in [0.3, 0.4) is 0 Å². The Morgan fingerprint density at radius 1 is 1.25 bits per heavy atom. The summed E-state index contributed by atoms with van der Waals surface area (Å²) in [5.74, 6) is 0.121. The molecule has 6 nitrogen and oxygen atoms in total. The van der Waals surface area contributed by atoms with Crippen LogP contribution in [0.4, 0.5) is 4.39 Å². The monoisotopic (exact) mass is 347 g/mol. The van der Waals surface area contributed by atoms with Crippen LogP contribution in [0, 0.1) is 5.82 Å². The molecule has 0 spiro atoms. The van der Waals surface area contributed by atoms with Gasteiger partial charge in [-0.25, -0.2) is 14.4 Å². The van der Waals surface area contributed by atoms with Crippen molar-refractivity contribution in [3.8, 4) is 0 Å². The predicted octanol–water partition coefficient (Wildman–Crippen LogP) is 2.49. The summed E-state index contributed by atoms with van der Waals surface area (Å²) in [5.41, 5.74) is 1.73. The number of aromatic nitrogens is 3. The lowest BCUT2D eigenvalue weighted by Gasteiger charge is -2.14. The molecule has 2 aromatic heterocycles. The van der Waals surface area contributed by atoms with Crippen molar-refractivity contribution < 1.29 is 9.18 Å². The topological polar surface area (TPSA) is 65.1 Å². The molecular formula is C16H18FN5OS. The number of thiazole rings is 1. The molecule has 126 valence electrons. The second kappa shape index (κ2) is 6.66. The quantitative estimate of drug-likeness (QED) is 0.770. The number of aromatic amines is 1. The molecule has 1 N–H and O–H groups in total. The Labute approximate surface area is 142 Å². The van der Waals surface area contributed by atoms with Gasteiger partial charge >= 0.3 is 0 Å². The molecule has 0 saturated carbocycles. The highest BCUT2D eigenvalue weighted by Crippen LogP contribution is 2.16. The fourth-order valence-corrected chi connectivity index (χ4v) is 3.24. The molecule has 0 fully saturated rings. The number of H-pyrrole nitrogens is 1. The first-order valence-electron chi connectivity index (χ1n) is 7.41. The third-order valence-electron chi connectivity index (χ3n) is 3.45. The number of hydrogen-bond donors (Lipinski definition) is 1. The van der Waals surface area contributed by atoms with Crippen LogP contribution in [0.25, 0.3) is 11.0 Å². The highest BCUT2D eigenvalue weighted by molar-refractivity contribution is 7.09. The van der Waals surface area contributed by atoms with E-state index in [0.717, 1.165) is 5.01 Å². The standard InChI is InChI=1S/C16H18FN5OS/c1-21(2)8-15-20-13(9-24-15)16(23)22(3)7-14-18-11-5-4-10(17)6-12(11)19-14/h4-6,9H,7-8H2,1-3H3,(H,18,19). The number of amides is 1. The number of carbonyl (C=O) groups is 1. The van der Waals surface area contributed by atoms with E-state index in [1.165, 1.54) is 23.5 Å². The van der Waals surface area contributed by atoms with Crippen LogP contribution in [0.1, 0.15) is 21.3 Å². The smallest absolute Gasteiger partial charge is 0.273 e. The molecule has 0 aliphatic heterocycles. The molecule has 8 heteroatoms. The molecule has 2 heterocycles. The van der Waals surface area contributed by atoms with E-state index in [0.29, 0.717) is 35.6 Å². The first kappa shape index (κ1) is 16.5. The van der Waals surface area contributed by atoms with Crippen molar-refractivity contribution in [2.75, 3.05) is 21.1 Å². The summed E-state index contributed by atoms with van der Waals surface area (Å²) in [6.07, 6.45) is 0. The van der Waals surface area contributed by atoms with Gasteiger partial charge in [0.2, 0.25) is 0 Å². The highest BCUT2D eigenvalue weighted by Gasteiger charge is 2.17. The van der Waals surface area contributed by atoms with Crippen LogP contribution in [0.2, 0.25) is 0 Å². The maximum Gasteiger partial charge on any atom is 0.273 e. The Kier molecular flexibility index (Phi) is 4.59. The zero-order valence-electron chi connectivity index (χ0n) is 13.7. The lowest BCUT2D eigenvalue weighted by molar-refractivity contribution is 0.0776. The number of imidazole rings is 1. The van der Waals surface area contributed by atoms with Crippen molar-refractivity contribution in [1.29, 1.82) is 0 Å². The van der Waals surface area contributed by atoms with Crippen molar-refractivity contribution in [1.82, 2.24) is 24.8 Å². The Morgan fingerprint density at radius 3 is 2.79 bits per heavy atom. The van der Waals surface area contributed by atoms with Crippen LogP contribution in [0.15, 0.2) is 23.6 Å². The molecule has 1 aromatic carbocycles. The van der Waals surface area contributed by atoms with E-state index in [4.69, 9.17) is 0 Å². The first-order chi connectivity index (χ1) is 11.4. The van der Waals surface area contributed by atoms with E-state index >= 15 is 0 Å². The van der Waals surface area contributed by atoms with Gasteiger partial charge in [-0.2, -0.15) is 0 Å². The molecule has 0 aliphatic carbocycles. The zero-order chi connectivity index (χ0) is 17.3. The minimum Gasteiger partial charge on any atom is -0.340 e. The van der Waals surface area contributed by atoms with Crippen molar-refractivity contribution >= 4 is 28.3 Å². The number of fused-ring (bicyclic) bond motifs is 1. The molecule has 0 atom stereocenters. The summed E-state index contributed by atoms with van der Waals surface area (Å²) in [6, 6.07) is 4.37. The maximum absolute atomic E-state index is 13.2. The SMILES string of the molecule is CN(C)Cc1nc(C(=O)N(C)Cc2nc3ccc(F)cc3[nH]2)cs1. The van der Waals surface area contributed by atoms with Gasteiger partial charge in [-0.15, -0.1) is 11.3 Å². The third kappa shape index (κ3) is 3.60. The minimum atomic E-state index is -0.321. The van der Waals surface area contributed by atoms with Crippen LogP contribution in [-0.4, -0.2) is 51.8 Å². The van der Waals surface area contributed by atoms with E-state index in [1.54, 1.807) is 23.4 Å². The molecule has 1 amide bonds. The molecule has 0 unspecified atom stereocenters. The Hall–Kier alpha value is -2.32. The summed E-state index contributed by atoms with van der Waals surface area (Å²) in [4.78, 5) is 27.8. The lowest BCUT2D eigenvalue weighted by atomic mass is 10.3. The number of nitrogens with one attached hydrogen (secondary N) is 1. The van der Waals surface area contributed by atoms with Gasteiger partial charge in [0.1, 0.15) is 22.3 Å². The molecular weight excluding hydrogens is 329 g/mol. The Bertz CT molecular complexity index is 872. The number of benzene rings is 1. The average Bonchev–Trinajstić information content (AvgIpc) is 3.11. The highest BCUT2D eigenvalue weighted by atomic mass is 32.1. The van der Waals surface area contributed by atoms with E-state index in [2.05, 4.69) is 15.0 Å². The number of hydrogen-bond acceptors (Lipinski definition) is 5. The largest absolute Gasteiger partial charge is 0.340 e. The maximum atomic E-state index is 13.2. The van der Waals surface area contributed by atoms with Gasteiger partial charge < -0.3 is 14.8 Å². The summed E-state index contributed by atoms with van der Waals surface area (Å²) < 4.78 is 13.2. The van der Waals surface area contributed by atoms with E-state index in [-0.39, 0.29) is 11.7 Å². The van der Waals surface area contributed by atoms with Gasteiger partial charge in [0, 0.05) is 19.0 Å².